The Morgan fingerprint density at radius 1 is 1.50 bits per heavy atom. The molecule has 0 saturated heterocycles. The molecule has 0 amide bonds. The summed E-state index contributed by atoms with van der Waals surface area (Å²) in [5, 5.41) is 4.14. The molecule has 0 unspecified atom stereocenters. The summed E-state index contributed by atoms with van der Waals surface area (Å²) < 4.78 is 3.86. The van der Waals surface area contributed by atoms with Crippen molar-refractivity contribution in [3.63, 3.8) is 0 Å². The van der Waals surface area contributed by atoms with Gasteiger partial charge in [0, 0.05) is 30.4 Å². The van der Waals surface area contributed by atoms with Gasteiger partial charge in [-0.25, -0.2) is 9.67 Å². The van der Waals surface area contributed by atoms with Crippen LogP contribution < -0.4 is 0 Å². The van der Waals surface area contributed by atoms with Crippen LogP contribution in [0, 0.1) is 5.92 Å². The second-order valence-electron chi connectivity index (χ2n) is 4.70. The molecular weight excluding hydrogens is 228 g/mol. The fourth-order valence-corrected chi connectivity index (χ4v) is 2.10. The number of aromatic nitrogens is 4. The Morgan fingerprint density at radius 2 is 2.33 bits per heavy atom. The Morgan fingerprint density at radius 3 is 3.06 bits per heavy atom. The van der Waals surface area contributed by atoms with Crippen LogP contribution in [0.15, 0.2) is 24.8 Å². The van der Waals surface area contributed by atoms with Crippen LogP contribution in [0.4, 0.5) is 0 Å². The molecule has 1 saturated carbocycles. The van der Waals surface area contributed by atoms with E-state index >= 15 is 0 Å². The van der Waals surface area contributed by atoms with E-state index in [1.807, 2.05) is 34.6 Å². The summed E-state index contributed by atoms with van der Waals surface area (Å²) in [6, 6.07) is 1.90. The zero-order chi connectivity index (χ0) is 12.5. The quantitative estimate of drug-likeness (QED) is 0.753. The Balaban J connectivity index is 1.75. The van der Waals surface area contributed by atoms with Gasteiger partial charge in [-0.15, -0.1) is 0 Å². The van der Waals surface area contributed by atoms with Crippen molar-refractivity contribution in [2.45, 2.75) is 32.9 Å². The molecule has 5 heteroatoms. The molecule has 2 aromatic rings. The molecule has 0 N–H and O–H groups in total. The zero-order valence-electron chi connectivity index (χ0n) is 10.4. The van der Waals surface area contributed by atoms with Gasteiger partial charge in [0.05, 0.1) is 6.54 Å². The lowest BCUT2D eigenvalue weighted by molar-refractivity contribution is 0.0967. The standard InChI is InChI=1S/C13H16N4O/c1-2-17-12(14-9-15-17)8-16-6-5-11(7-16)13(18)10-3-4-10/h5-7,9-10H,2-4,8H2,1H3. The van der Waals surface area contributed by atoms with E-state index in [2.05, 4.69) is 10.1 Å². The molecule has 1 fully saturated rings. The highest BCUT2D eigenvalue weighted by Gasteiger charge is 2.30. The van der Waals surface area contributed by atoms with Crippen LogP contribution >= 0.6 is 0 Å². The minimum Gasteiger partial charge on any atom is -0.346 e. The third kappa shape index (κ3) is 2.08. The van der Waals surface area contributed by atoms with Crippen molar-refractivity contribution in [2.75, 3.05) is 0 Å². The molecule has 1 aliphatic rings. The summed E-state index contributed by atoms with van der Waals surface area (Å²) in [5.41, 5.74) is 0.820. The molecule has 1 aliphatic carbocycles. The van der Waals surface area contributed by atoms with E-state index in [0.29, 0.717) is 6.54 Å². The van der Waals surface area contributed by atoms with E-state index in [4.69, 9.17) is 0 Å². The van der Waals surface area contributed by atoms with E-state index in [-0.39, 0.29) is 11.7 Å². The number of nitrogens with zero attached hydrogens (tertiary/aromatic N) is 4. The first-order valence-electron chi connectivity index (χ1n) is 6.34. The van der Waals surface area contributed by atoms with Crippen molar-refractivity contribution < 1.29 is 4.79 Å². The topological polar surface area (TPSA) is 52.7 Å². The molecule has 18 heavy (non-hydrogen) atoms. The molecule has 94 valence electrons. The predicted octanol–water partition coefficient (Wildman–Crippen LogP) is 1.74. The summed E-state index contributed by atoms with van der Waals surface area (Å²) >= 11 is 0. The van der Waals surface area contributed by atoms with Gasteiger partial charge >= 0.3 is 0 Å². The van der Waals surface area contributed by atoms with E-state index < -0.39 is 0 Å². The summed E-state index contributed by atoms with van der Waals surface area (Å²) in [7, 11) is 0. The normalized spacial score (nSPS) is 14.9. The maximum absolute atomic E-state index is 11.9. The van der Waals surface area contributed by atoms with E-state index in [1.54, 1.807) is 6.33 Å². The molecule has 2 aromatic heterocycles. The molecule has 0 aromatic carbocycles. The minimum atomic E-state index is 0.278. The fourth-order valence-electron chi connectivity index (χ4n) is 2.10. The first-order chi connectivity index (χ1) is 8.78. The van der Waals surface area contributed by atoms with Gasteiger partial charge in [0.15, 0.2) is 5.78 Å². The van der Waals surface area contributed by atoms with Crippen molar-refractivity contribution in [3.8, 4) is 0 Å². The van der Waals surface area contributed by atoms with Crippen LogP contribution in [0.25, 0.3) is 0 Å². The number of aryl methyl sites for hydroxylation is 1. The average molecular weight is 244 g/mol. The maximum Gasteiger partial charge on any atom is 0.167 e. The summed E-state index contributed by atoms with van der Waals surface area (Å²) in [6.45, 7) is 3.51. The van der Waals surface area contributed by atoms with Gasteiger partial charge in [0.25, 0.3) is 0 Å². The lowest BCUT2D eigenvalue weighted by Gasteiger charge is -2.03. The van der Waals surface area contributed by atoms with Crippen molar-refractivity contribution in [3.05, 3.63) is 36.2 Å². The van der Waals surface area contributed by atoms with Crippen LogP contribution in [0.1, 0.15) is 35.9 Å². The third-order valence-corrected chi connectivity index (χ3v) is 3.30. The third-order valence-electron chi connectivity index (χ3n) is 3.30. The number of Topliss-reactive ketones (excluding diaryl/α,β-unsaturated/α-hetero) is 1. The van der Waals surface area contributed by atoms with Gasteiger partial charge in [-0.1, -0.05) is 0 Å². The Kier molecular flexibility index (Phi) is 2.74. The highest BCUT2D eigenvalue weighted by Crippen LogP contribution is 2.32. The van der Waals surface area contributed by atoms with Gasteiger partial charge in [-0.2, -0.15) is 5.10 Å². The van der Waals surface area contributed by atoms with Crippen LogP contribution in [0.3, 0.4) is 0 Å². The number of hydrogen-bond donors (Lipinski definition) is 0. The van der Waals surface area contributed by atoms with Gasteiger partial charge < -0.3 is 4.57 Å². The van der Waals surface area contributed by atoms with E-state index in [9.17, 15) is 4.79 Å². The Labute approximate surface area is 105 Å². The molecule has 0 aliphatic heterocycles. The number of rotatable bonds is 5. The molecule has 0 atom stereocenters. The zero-order valence-corrected chi connectivity index (χ0v) is 10.4. The van der Waals surface area contributed by atoms with Crippen molar-refractivity contribution in [1.29, 1.82) is 0 Å². The molecule has 0 radical (unpaired) electrons. The van der Waals surface area contributed by atoms with Crippen molar-refractivity contribution >= 4 is 5.78 Å². The second kappa shape index (κ2) is 4.40. The summed E-state index contributed by atoms with van der Waals surface area (Å²) in [5.74, 6) is 1.48. The number of hydrogen-bond acceptors (Lipinski definition) is 3. The molecule has 5 nitrogen and oxygen atoms in total. The average Bonchev–Trinajstić information content (AvgIpc) is 2.96. The number of carbonyl (C=O) groups is 1. The predicted molar refractivity (Wildman–Crippen MR) is 66.3 cm³/mol. The molecule has 2 heterocycles. The Hall–Kier alpha value is -1.91. The number of ketones is 1. The highest BCUT2D eigenvalue weighted by molar-refractivity contribution is 5.99. The molecular formula is C13H16N4O. The summed E-state index contributed by atoms with van der Waals surface area (Å²) in [4.78, 5) is 16.1. The Bertz CT molecular complexity index is 565. The van der Waals surface area contributed by atoms with Gasteiger partial charge in [0.2, 0.25) is 0 Å². The molecule has 0 spiro atoms. The van der Waals surface area contributed by atoms with E-state index in [1.165, 1.54) is 0 Å². The number of carbonyl (C=O) groups excluding carboxylic acids is 1. The smallest absolute Gasteiger partial charge is 0.167 e. The van der Waals surface area contributed by atoms with Crippen molar-refractivity contribution in [1.82, 2.24) is 19.3 Å². The summed E-state index contributed by atoms with van der Waals surface area (Å²) in [6.07, 6.45) is 7.51. The van der Waals surface area contributed by atoms with Crippen LogP contribution in [0.2, 0.25) is 0 Å². The maximum atomic E-state index is 11.9. The molecule has 3 rings (SSSR count). The van der Waals surface area contributed by atoms with Crippen LogP contribution in [-0.4, -0.2) is 25.1 Å². The molecule has 0 bridgehead atoms. The largest absolute Gasteiger partial charge is 0.346 e. The van der Waals surface area contributed by atoms with Gasteiger partial charge in [-0.3, -0.25) is 4.79 Å². The van der Waals surface area contributed by atoms with Gasteiger partial charge in [0.1, 0.15) is 12.2 Å². The lowest BCUT2D eigenvalue weighted by Crippen LogP contribution is -2.08. The fraction of sp³-hybridized carbons (Fsp3) is 0.462. The highest BCUT2D eigenvalue weighted by atomic mass is 16.1. The SMILES string of the molecule is CCn1ncnc1Cn1ccc(C(=O)C2CC2)c1. The minimum absolute atomic E-state index is 0.278. The van der Waals surface area contributed by atoms with Crippen LogP contribution in [0.5, 0.6) is 0 Å². The monoisotopic (exact) mass is 244 g/mol. The first kappa shape index (κ1) is 11.2. The lowest BCUT2D eigenvalue weighted by atomic mass is 10.1. The van der Waals surface area contributed by atoms with Gasteiger partial charge in [-0.05, 0) is 25.8 Å². The van der Waals surface area contributed by atoms with E-state index in [0.717, 1.165) is 30.8 Å². The van der Waals surface area contributed by atoms with Crippen molar-refractivity contribution in [2.24, 2.45) is 5.92 Å². The van der Waals surface area contributed by atoms with Crippen LogP contribution in [-0.2, 0) is 13.1 Å². The first-order valence-corrected chi connectivity index (χ1v) is 6.34. The second-order valence-corrected chi connectivity index (χ2v) is 4.70.